The normalized spacial score (nSPS) is 19.0. The van der Waals surface area contributed by atoms with Crippen molar-refractivity contribution < 1.29 is 32.2 Å². The number of aromatic nitrogens is 1. The number of anilines is 2. The zero-order valence-electron chi connectivity index (χ0n) is 18.1. The first kappa shape index (κ1) is 23.1. The van der Waals surface area contributed by atoms with Crippen LogP contribution in [0.3, 0.4) is 0 Å². The van der Waals surface area contributed by atoms with Crippen LogP contribution in [0.2, 0.25) is 0 Å². The van der Waals surface area contributed by atoms with Gasteiger partial charge in [0.25, 0.3) is 0 Å². The fourth-order valence-corrected chi connectivity index (χ4v) is 4.65. The standard InChI is InChI=1S/C21H24F4N4O4/c1-27(2)7-10-5-6-28(8-10)18-14(21(23,24)25)17-13(16(26)15(18)22)19(30)12(33-20(31)32)9-29(17)11-3-4-11/h9-11H,3-8,26H2,1-2H3,(H,31,32). The maximum atomic E-state index is 15.5. The molecule has 1 saturated carbocycles. The summed E-state index contributed by atoms with van der Waals surface area (Å²) in [5, 5.41) is 8.20. The zero-order valence-corrected chi connectivity index (χ0v) is 18.1. The summed E-state index contributed by atoms with van der Waals surface area (Å²) in [6, 6.07) is -0.414. The number of fused-ring (bicyclic) bond motifs is 1. The van der Waals surface area contributed by atoms with Crippen molar-refractivity contribution in [1.82, 2.24) is 9.47 Å². The van der Waals surface area contributed by atoms with Crippen LogP contribution in [0.4, 0.5) is 33.7 Å². The molecule has 33 heavy (non-hydrogen) atoms. The number of pyridine rings is 1. The van der Waals surface area contributed by atoms with E-state index in [4.69, 9.17) is 10.8 Å². The molecule has 1 unspecified atom stereocenters. The molecule has 1 aliphatic carbocycles. The van der Waals surface area contributed by atoms with E-state index in [2.05, 4.69) is 4.74 Å². The van der Waals surface area contributed by atoms with Gasteiger partial charge in [0, 0.05) is 25.7 Å². The molecule has 2 fully saturated rings. The maximum Gasteiger partial charge on any atom is 0.511 e. The van der Waals surface area contributed by atoms with Crippen molar-refractivity contribution in [3.8, 4) is 5.75 Å². The van der Waals surface area contributed by atoms with Gasteiger partial charge in [0.15, 0.2) is 11.6 Å². The van der Waals surface area contributed by atoms with Crippen molar-refractivity contribution in [1.29, 1.82) is 0 Å². The van der Waals surface area contributed by atoms with Gasteiger partial charge < -0.3 is 29.9 Å². The number of benzene rings is 1. The Morgan fingerprint density at radius 1 is 1.30 bits per heavy atom. The minimum atomic E-state index is -5.00. The highest BCUT2D eigenvalue weighted by Gasteiger charge is 2.44. The number of carbonyl (C=O) groups is 1. The fourth-order valence-electron chi connectivity index (χ4n) is 4.65. The van der Waals surface area contributed by atoms with Gasteiger partial charge in [-0.3, -0.25) is 4.79 Å². The number of carboxylic acid groups (broad SMARTS) is 1. The van der Waals surface area contributed by atoms with Gasteiger partial charge in [0.05, 0.1) is 28.5 Å². The summed E-state index contributed by atoms with van der Waals surface area (Å²) in [6.45, 7) is 1.04. The average molecular weight is 472 g/mol. The van der Waals surface area contributed by atoms with Crippen molar-refractivity contribution in [2.75, 3.05) is 44.4 Å². The topological polar surface area (TPSA) is 101 Å². The minimum Gasteiger partial charge on any atom is -0.449 e. The molecule has 2 heterocycles. The molecule has 0 bridgehead atoms. The third-order valence-corrected chi connectivity index (χ3v) is 6.04. The van der Waals surface area contributed by atoms with Crippen LogP contribution in [0.15, 0.2) is 11.0 Å². The molecule has 1 aromatic heterocycles. The SMILES string of the molecule is CN(C)CC1CCN(c2c(F)c(N)c3c(=O)c(OC(=O)O)cn(C4CC4)c3c2C(F)(F)F)C1. The van der Waals surface area contributed by atoms with E-state index in [0.29, 0.717) is 25.8 Å². The Morgan fingerprint density at radius 2 is 1.97 bits per heavy atom. The summed E-state index contributed by atoms with van der Waals surface area (Å²) < 4.78 is 64.6. The van der Waals surface area contributed by atoms with Gasteiger partial charge in [-0.25, -0.2) is 9.18 Å². The maximum absolute atomic E-state index is 15.5. The first-order valence-electron chi connectivity index (χ1n) is 10.5. The van der Waals surface area contributed by atoms with Crippen LogP contribution in [0.25, 0.3) is 10.9 Å². The van der Waals surface area contributed by atoms with E-state index in [0.717, 1.165) is 10.8 Å². The van der Waals surface area contributed by atoms with E-state index in [1.54, 1.807) is 0 Å². The molecular weight excluding hydrogens is 448 g/mol. The molecule has 1 aromatic carbocycles. The summed E-state index contributed by atoms with van der Waals surface area (Å²) in [5.41, 5.74) is 1.46. The lowest BCUT2D eigenvalue weighted by molar-refractivity contribution is -0.136. The second kappa shape index (κ2) is 8.08. The van der Waals surface area contributed by atoms with Crippen molar-refractivity contribution in [2.24, 2.45) is 5.92 Å². The largest absolute Gasteiger partial charge is 0.511 e. The smallest absolute Gasteiger partial charge is 0.449 e. The lowest BCUT2D eigenvalue weighted by Gasteiger charge is -2.28. The molecular formula is C21H24F4N4O4. The second-order valence-electron chi connectivity index (χ2n) is 8.86. The lowest BCUT2D eigenvalue weighted by atomic mass is 10.0. The van der Waals surface area contributed by atoms with E-state index in [1.807, 2.05) is 19.0 Å². The van der Waals surface area contributed by atoms with Crippen LogP contribution in [-0.4, -0.2) is 54.5 Å². The van der Waals surface area contributed by atoms with Crippen LogP contribution in [0, 0.1) is 11.7 Å². The molecule has 0 amide bonds. The minimum absolute atomic E-state index is 0.0365. The number of rotatable bonds is 5. The number of ether oxygens (including phenoxy) is 1. The van der Waals surface area contributed by atoms with E-state index in [1.165, 1.54) is 4.90 Å². The number of nitrogens with two attached hydrogens (primary N) is 1. The van der Waals surface area contributed by atoms with Crippen molar-refractivity contribution in [3.05, 3.63) is 27.8 Å². The van der Waals surface area contributed by atoms with E-state index >= 15 is 4.39 Å². The van der Waals surface area contributed by atoms with Gasteiger partial charge in [-0.05, 0) is 39.3 Å². The Bertz CT molecular complexity index is 1170. The van der Waals surface area contributed by atoms with Gasteiger partial charge in [-0.2, -0.15) is 13.2 Å². The predicted molar refractivity (Wildman–Crippen MR) is 113 cm³/mol. The van der Waals surface area contributed by atoms with Crippen LogP contribution < -0.4 is 20.8 Å². The van der Waals surface area contributed by atoms with E-state index < -0.39 is 63.2 Å². The van der Waals surface area contributed by atoms with Crippen LogP contribution in [0.1, 0.15) is 30.9 Å². The summed E-state index contributed by atoms with van der Waals surface area (Å²) in [7, 11) is 3.70. The number of halogens is 4. The molecule has 4 rings (SSSR count). The van der Waals surface area contributed by atoms with Crippen LogP contribution in [-0.2, 0) is 6.18 Å². The first-order valence-corrected chi connectivity index (χ1v) is 10.5. The van der Waals surface area contributed by atoms with Gasteiger partial charge >= 0.3 is 12.3 Å². The molecule has 1 aliphatic heterocycles. The Hall–Kier alpha value is -3.02. The highest BCUT2D eigenvalue weighted by molar-refractivity contribution is 5.99. The third kappa shape index (κ3) is 4.19. The number of alkyl halides is 3. The number of hydrogen-bond donors (Lipinski definition) is 2. The summed E-state index contributed by atoms with van der Waals surface area (Å²) >= 11 is 0. The highest BCUT2D eigenvalue weighted by atomic mass is 19.4. The predicted octanol–water partition coefficient (Wildman–Crippen LogP) is 3.52. The molecule has 0 spiro atoms. The van der Waals surface area contributed by atoms with Crippen LogP contribution >= 0.6 is 0 Å². The zero-order chi connectivity index (χ0) is 24.2. The van der Waals surface area contributed by atoms with Gasteiger partial charge in [0.2, 0.25) is 5.43 Å². The van der Waals surface area contributed by atoms with Gasteiger partial charge in [-0.1, -0.05) is 0 Å². The molecule has 1 atom stereocenters. The molecule has 3 N–H and O–H groups in total. The quantitative estimate of drug-likeness (QED) is 0.390. The Morgan fingerprint density at radius 3 is 2.52 bits per heavy atom. The van der Waals surface area contributed by atoms with Crippen molar-refractivity contribution in [2.45, 2.75) is 31.5 Å². The van der Waals surface area contributed by atoms with Gasteiger partial charge in [0.1, 0.15) is 5.56 Å². The Kier molecular flexibility index (Phi) is 5.67. The first-order chi connectivity index (χ1) is 15.4. The molecule has 12 heteroatoms. The van der Waals surface area contributed by atoms with Crippen molar-refractivity contribution in [3.63, 3.8) is 0 Å². The summed E-state index contributed by atoms with van der Waals surface area (Å²) in [4.78, 5) is 27.1. The van der Waals surface area contributed by atoms with Crippen LogP contribution in [0.5, 0.6) is 5.75 Å². The molecule has 180 valence electrons. The average Bonchev–Trinajstić information content (AvgIpc) is 3.44. The van der Waals surface area contributed by atoms with Crippen molar-refractivity contribution >= 4 is 28.4 Å². The monoisotopic (exact) mass is 472 g/mol. The highest BCUT2D eigenvalue weighted by Crippen LogP contribution is 2.49. The third-order valence-electron chi connectivity index (χ3n) is 6.04. The molecule has 2 aromatic rings. The summed E-state index contributed by atoms with van der Waals surface area (Å²) in [6.07, 6.45) is -4.25. The molecule has 1 saturated heterocycles. The number of hydrogen-bond acceptors (Lipinski definition) is 6. The van der Waals surface area contributed by atoms with E-state index in [9.17, 15) is 22.8 Å². The van der Waals surface area contributed by atoms with Gasteiger partial charge in [-0.15, -0.1) is 0 Å². The summed E-state index contributed by atoms with van der Waals surface area (Å²) in [5.74, 6) is -2.03. The molecule has 8 nitrogen and oxygen atoms in total. The Balaban J connectivity index is 2.03. The molecule has 2 aliphatic rings. The number of nitrogen functional groups attached to an aromatic ring is 1. The van der Waals surface area contributed by atoms with E-state index in [-0.39, 0.29) is 19.0 Å². The fraction of sp³-hybridized carbons (Fsp3) is 0.524. The lowest BCUT2D eigenvalue weighted by Crippen LogP contribution is -2.29. The Labute approximate surface area is 186 Å². The molecule has 0 radical (unpaired) electrons. The number of nitrogens with zero attached hydrogens (tertiary/aromatic N) is 3. The second-order valence-corrected chi connectivity index (χ2v) is 8.86.